The van der Waals surface area contributed by atoms with E-state index in [2.05, 4.69) is 10.6 Å². The number of ether oxygens (including phenoxy) is 1. The average molecular weight is 334 g/mol. The number of urea groups is 1. The van der Waals surface area contributed by atoms with Gasteiger partial charge in [-0.15, -0.1) is 11.6 Å². The van der Waals surface area contributed by atoms with Crippen molar-refractivity contribution >= 4 is 29.6 Å². The van der Waals surface area contributed by atoms with Gasteiger partial charge in [0.1, 0.15) is 11.6 Å². The van der Waals surface area contributed by atoms with Gasteiger partial charge in [0, 0.05) is 19.0 Å². The summed E-state index contributed by atoms with van der Waals surface area (Å²) in [5.74, 6) is -0.150. The van der Waals surface area contributed by atoms with Gasteiger partial charge in [0.2, 0.25) is 0 Å². The molecule has 1 atom stereocenters. The maximum Gasteiger partial charge on any atom is 0.408 e. The molecule has 7 nitrogen and oxygen atoms in total. The van der Waals surface area contributed by atoms with Crippen molar-refractivity contribution in [3.63, 3.8) is 0 Å². The van der Waals surface area contributed by atoms with Crippen LogP contribution in [0.2, 0.25) is 0 Å². The summed E-state index contributed by atoms with van der Waals surface area (Å²) in [5, 5.41) is 5.11. The Morgan fingerprint density at radius 1 is 1.36 bits per heavy atom. The quantitative estimate of drug-likeness (QED) is 0.771. The van der Waals surface area contributed by atoms with Crippen LogP contribution in [0.1, 0.15) is 40.0 Å². The van der Waals surface area contributed by atoms with E-state index in [1.165, 1.54) is 0 Å². The van der Waals surface area contributed by atoms with Crippen molar-refractivity contribution in [2.75, 3.05) is 19.0 Å². The van der Waals surface area contributed by atoms with Crippen LogP contribution in [-0.2, 0) is 9.53 Å². The molecular weight excluding hydrogens is 310 g/mol. The van der Waals surface area contributed by atoms with Crippen molar-refractivity contribution in [1.29, 1.82) is 0 Å². The molecule has 0 aromatic rings. The van der Waals surface area contributed by atoms with Gasteiger partial charge in [0.05, 0.1) is 0 Å². The molecule has 0 radical (unpaired) electrons. The highest BCUT2D eigenvalue weighted by Gasteiger charge is 2.32. The van der Waals surface area contributed by atoms with Crippen LogP contribution in [0.4, 0.5) is 9.59 Å². The third-order valence-corrected chi connectivity index (χ3v) is 3.18. The molecule has 0 saturated carbocycles. The van der Waals surface area contributed by atoms with E-state index < -0.39 is 29.7 Å². The molecule has 0 aromatic heterocycles. The van der Waals surface area contributed by atoms with E-state index in [9.17, 15) is 14.4 Å². The first-order valence-corrected chi connectivity index (χ1v) is 7.92. The molecule has 1 aliphatic heterocycles. The van der Waals surface area contributed by atoms with Gasteiger partial charge in [-0.3, -0.25) is 9.69 Å². The van der Waals surface area contributed by atoms with Gasteiger partial charge in [-0.25, -0.2) is 9.59 Å². The smallest absolute Gasteiger partial charge is 0.408 e. The second-order valence-electron chi connectivity index (χ2n) is 6.11. The Morgan fingerprint density at radius 2 is 2.05 bits per heavy atom. The summed E-state index contributed by atoms with van der Waals surface area (Å²) >= 11 is 5.52. The van der Waals surface area contributed by atoms with Crippen LogP contribution in [0, 0.1) is 0 Å². The van der Waals surface area contributed by atoms with Crippen LogP contribution in [0.25, 0.3) is 0 Å². The monoisotopic (exact) mass is 333 g/mol. The predicted molar refractivity (Wildman–Crippen MR) is 82.8 cm³/mol. The van der Waals surface area contributed by atoms with Gasteiger partial charge in [0.15, 0.2) is 0 Å². The minimum Gasteiger partial charge on any atom is -0.444 e. The number of halogens is 1. The van der Waals surface area contributed by atoms with Crippen molar-refractivity contribution in [3.05, 3.63) is 0 Å². The van der Waals surface area contributed by atoms with Crippen molar-refractivity contribution < 1.29 is 19.1 Å². The number of carbonyl (C=O) groups is 3. The molecule has 0 unspecified atom stereocenters. The number of rotatable bonds is 3. The van der Waals surface area contributed by atoms with Gasteiger partial charge in [-0.1, -0.05) is 0 Å². The molecule has 1 aliphatic rings. The number of alkyl carbamates (subject to hydrolysis) is 1. The topological polar surface area (TPSA) is 87.7 Å². The summed E-state index contributed by atoms with van der Waals surface area (Å²) < 4.78 is 5.15. The Kier molecular flexibility index (Phi) is 6.93. The standard InChI is InChI=1S/C14H24ClN3O4/c1-14(2,3)22-13(21)17-10-6-4-5-9-18(11(10)19)12(20)16-8-7-15/h10H,4-9H2,1-3H3,(H,16,20)(H,17,21)/t10-/m0/s1. The fraction of sp³-hybridized carbons (Fsp3) is 0.786. The molecular formula is C14H24ClN3O4. The second kappa shape index (κ2) is 8.22. The Balaban J connectivity index is 2.68. The fourth-order valence-electron chi connectivity index (χ4n) is 2.08. The van der Waals surface area contributed by atoms with Gasteiger partial charge >= 0.3 is 12.1 Å². The average Bonchev–Trinajstić information content (AvgIpc) is 2.57. The van der Waals surface area contributed by atoms with E-state index in [4.69, 9.17) is 16.3 Å². The van der Waals surface area contributed by atoms with E-state index in [1.807, 2.05) is 0 Å². The number of nitrogens with one attached hydrogen (secondary N) is 2. The molecule has 2 N–H and O–H groups in total. The predicted octanol–water partition coefficient (Wildman–Crippen LogP) is 1.84. The maximum atomic E-state index is 12.4. The second-order valence-corrected chi connectivity index (χ2v) is 6.48. The van der Waals surface area contributed by atoms with E-state index in [0.29, 0.717) is 19.4 Å². The SMILES string of the molecule is CC(C)(C)OC(=O)N[C@H]1CCCCN(C(=O)NCCCl)C1=O. The van der Waals surface area contributed by atoms with Crippen LogP contribution in [-0.4, -0.2) is 53.5 Å². The van der Waals surface area contributed by atoms with E-state index in [-0.39, 0.29) is 12.4 Å². The highest BCUT2D eigenvalue weighted by molar-refractivity contribution is 6.18. The van der Waals surface area contributed by atoms with Gasteiger partial charge in [0.25, 0.3) is 5.91 Å². The zero-order valence-corrected chi connectivity index (χ0v) is 14.0. The fourth-order valence-corrected chi connectivity index (χ4v) is 2.17. The lowest BCUT2D eigenvalue weighted by Crippen LogP contribution is -2.52. The molecule has 1 rings (SSSR count). The minimum atomic E-state index is -0.751. The summed E-state index contributed by atoms with van der Waals surface area (Å²) in [6.07, 6.45) is 1.27. The number of nitrogens with zero attached hydrogens (tertiary/aromatic N) is 1. The molecule has 1 fully saturated rings. The van der Waals surface area contributed by atoms with E-state index >= 15 is 0 Å². The molecule has 126 valence electrons. The van der Waals surface area contributed by atoms with Crippen LogP contribution in [0.3, 0.4) is 0 Å². The first-order valence-electron chi connectivity index (χ1n) is 7.39. The first kappa shape index (κ1) is 18.5. The lowest BCUT2D eigenvalue weighted by atomic mass is 10.1. The molecule has 4 amide bonds. The minimum absolute atomic E-state index is 0.271. The highest BCUT2D eigenvalue weighted by atomic mass is 35.5. The maximum absolute atomic E-state index is 12.4. The summed E-state index contributed by atoms with van der Waals surface area (Å²) in [6, 6.07) is -1.23. The van der Waals surface area contributed by atoms with Crippen LogP contribution < -0.4 is 10.6 Å². The Hall–Kier alpha value is -1.50. The summed E-state index contributed by atoms with van der Waals surface area (Å²) in [6.45, 7) is 5.85. The molecule has 0 aromatic carbocycles. The lowest BCUT2D eigenvalue weighted by molar-refractivity contribution is -0.130. The number of hydrogen-bond donors (Lipinski definition) is 2. The number of carbonyl (C=O) groups excluding carboxylic acids is 3. The Morgan fingerprint density at radius 3 is 2.64 bits per heavy atom. The zero-order valence-electron chi connectivity index (χ0n) is 13.3. The first-order chi connectivity index (χ1) is 10.2. The van der Waals surface area contributed by atoms with Crippen molar-refractivity contribution in [2.24, 2.45) is 0 Å². The number of likely N-dealkylation sites (tertiary alicyclic amines) is 1. The molecule has 1 saturated heterocycles. The Labute approximate surface area is 135 Å². The van der Waals surface area contributed by atoms with Gasteiger partial charge < -0.3 is 15.4 Å². The third-order valence-electron chi connectivity index (χ3n) is 3.00. The van der Waals surface area contributed by atoms with Crippen molar-refractivity contribution in [2.45, 2.75) is 51.7 Å². The molecule has 0 aliphatic carbocycles. The number of alkyl halides is 1. The van der Waals surface area contributed by atoms with Gasteiger partial charge in [-0.05, 0) is 40.0 Å². The largest absolute Gasteiger partial charge is 0.444 e. The van der Waals surface area contributed by atoms with E-state index in [0.717, 1.165) is 11.3 Å². The summed E-state index contributed by atoms with van der Waals surface area (Å²) in [5.41, 5.74) is -0.644. The number of hydrogen-bond acceptors (Lipinski definition) is 4. The van der Waals surface area contributed by atoms with Gasteiger partial charge in [-0.2, -0.15) is 0 Å². The summed E-state index contributed by atoms with van der Waals surface area (Å²) in [7, 11) is 0. The normalized spacial score (nSPS) is 19.4. The van der Waals surface area contributed by atoms with Crippen LogP contribution in [0.5, 0.6) is 0 Å². The highest BCUT2D eigenvalue weighted by Crippen LogP contribution is 2.14. The Bertz CT molecular complexity index is 423. The summed E-state index contributed by atoms with van der Waals surface area (Å²) in [4.78, 5) is 37.3. The molecule has 0 bridgehead atoms. The lowest BCUT2D eigenvalue weighted by Gasteiger charge is -2.25. The molecule has 0 spiro atoms. The van der Waals surface area contributed by atoms with E-state index in [1.54, 1.807) is 20.8 Å². The molecule has 22 heavy (non-hydrogen) atoms. The number of amides is 4. The molecule has 1 heterocycles. The molecule has 8 heteroatoms. The van der Waals surface area contributed by atoms with Crippen molar-refractivity contribution in [3.8, 4) is 0 Å². The zero-order chi connectivity index (χ0) is 16.8. The van der Waals surface area contributed by atoms with Crippen LogP contribution in [0.15, 0.2) is 0 Å². The van der Waals surface area contributed by atoms with Crippen molar-refractivity contribution in [1.82, 2.24) is 15.5 Å². The third kappa shape index (κ3) is 6.09. The van der Waals surface area contributed by atoms with Crippen LogP contribution >= 0.6 is 11.6 Å². The number of imide groups is 1.